The Hall–Kier alpha value is -4.36. The van der Waals surface area contributed by atoms with E-state index in [-0.39, 0.29) is 87.8 Å². The van der Waals surface area contributed by atoms with E-state index < -0.39 is 29.4 Å². The van der Waals surface area contributed by atoms with Crippen LogP contribution in [0.1, 0.15) is 57.0 Å². The molecule has 2 aromatic heterocycles. The van der Waals surface area contributed by atoms with Gasteiger partial charge in [0.2, 0.25) is 0 Å². The SMILES string of the molecule is COc1cc2sc(C(=O)CCC(=O)O)cc2c(F)c1/C=C/CCOc1c(OC)cc2sc(C(=O)CCC(=O)O)cc2c1F. The summed E-state index contributed by atoms with van der Waals surface area (Å²) in [6.07, 6.45) is 2.31. The van der Waals surface area contributed by atoms with Crippen LogP contribution in [0.15, 0.2) is 30.3 Å². The summed E-state index contributed by atoms with van der Waals surface area (Å²) in [5, 5.41) is 18.0. The molecule has 0 fully saturated rings. The van der Waals surface area contributed by atoms with Gasteiger partial charge in [0, 0.05) is 39.1 Å². The molecule has 2 N–H and O–H groups in total. The molecule has 2 aromatic carbocycles. The second kappa shape index (κ2) is 13.7. The summed E-state index contributed by atoms with van der Waals surface area (Å²) >= 11 is 2.09. The van der Waals surface area contributed by atoms with Crippen LogP contribution in [-0.2, 0) is 9.59 Å². The average molecular weight is 633 g/mol. The van der Waals surface area contributed by atoms with E-state index in [0.29, 0.717) is 9.40 Å². The zero-order valence-electron chi connectivity index (χ0n) is 23.0. The van der Waals surface area contributed by atoms with E-state index in [2.05, 4.69) is 0 Å². The number of methoxy groups -OCH3 is 2. The van der Waals surface area contributed by atoms with Gasteiger partial charge in [-0.1, -0.05) is 12.2 Å². The predicted molar refractivity (Wildman–Crippen MR) is 158 cm³/mol. The average Bonchev–Trinajstić information content (AvgIpc) is 3.61. The number of fused-ring (bicyclic) bond motifs is 2. The van der Waals surface area contributed by atoms with E-state index in [1.165, 1.54) is 32.4 Å². The van der Waals surface area contributed by atoms with Gasteiger partial charge in [-0.3, -0.25) is 19.2 Å². The van der Waals surface area contributed by atoms with Crippen molar-refractivity contribution in [3.63, 3.8) is 0 Å². The van der Waals surface area contributed by atoms with Crippen molar-refractivity contribution in [2.24, 2.45) is 0 Å². The number of thiophene rings is 2. The molecule has 4 rings (SSSR count). The summed E-state index contributed by atoms with van der Waals surface area (Å²) in [6.45, 7) is -0.00329. The molecule has 0 radical (unpaired) electrons. The molecule has 0 saturated carbocycles. The van der Waals surface area contributed by atoms with E-state index in [1.54, 1.807) is 18.2 Å². The maximum atomic E-state index is 15.4. The number of aliphatic carboxylic acids is 2. The molecule has 13 heteroatoms. The summed E-state index contributed by atoms with van der Waals surface area (Å²) in [5.41, 5.74) is 0.140. The van der Waals surface area contributed by atoms with Gasteiger partial charge in [-0.15, -0.1) is 22.7 Å². The van der Waals surface area contributed by atoms with Crippen molar-refractivity contribution < 1.29 is 52.4 Å². The minimum absolute atomic E-state index is 0.00329. The van der Waals surface area contributed by atoms with Crippen LogP contribution >= 0.6 is 22.7 Å². The van der Waals surface area contributed by atoms with Crippen LogP contribution in [-0.4, -0.2) is 54.5 Å². The number of carbonyl (C=O) groups is 4. The predicted octanol–water partition coefficient (Wildman–Crippen LogP) is 6.99. The lowest BCUT2D eigenvalue weighted by atomic mass is 10.1. The number of ketones is 2. The third kappa shape index (κ3) is 7.17. The van der Waals surface area contributed by atoms with Crippen LogP contribution in [0.4, 0.5) is 8.78 Å². The molecule has 226 valence electrons. The minimum Gasteiger partial charge on any atom is -0.496 e. The number of carboxylic acid groups (broad SMARTS) is 2. The van der Waals surface area contributed by atoms with E-state index >= 15 is 8.78 Å². The van der Waals surface area contributed by atoms with Gasteiger partial charge in [-0.2, -0.15) is 0 Å². The van der Waals surface area contributed by atoms with Crippen molar-refractivity contribution in [1.29, 1.82) is 0 Å². The molecule has 2 heterocycles. The van der Waals surface area contributed by atoms with Crippen molar-refractivity contribution in [1.82, 2.24) is 0 Å². The summed E-state index contributed by atoms with van der Waals surface area (Å²) in [5.74, 6) is -4.13. The van der Waals surface area contributed by atoms with Crippen molar-refractivity contribution in [3.05, 3.63) is 57.3 Å². The third-order valence-electron chi connectivity index (χ3n) is 6.38. The number of carbonyl (C=O) groups excluding carboxylic acids is 2. The molecule has 4 aromatic rings. The van der Waals surface area contributed by atoms with Gasteiger partial charge in [0.15, 0.2) is 28.9 Å². The number of halogens is 2. The number of carboxylic acids is 2. The molecule has 0 aliphatic carbocycles. The molecule has 9 nitrogen and oxygen atoms in total. The summed E-state index contributed by atoms with van der Waals surface area (Å²) < 4.78 is 48.1. The maximum Gasteiger partial charge on any atom is 0.303 e. The lowest BCUT2D eigenvalue weighted by molar-refractivity contribution is -0.137. The standard InChI is InChI=1S/C30H26F2O9S2/c1-39-20-13-22-16(11-24(42-22)18(33)6-8-26(35)36)28(31)15(20)5-3-4-10-41-30-21(40-2)14-23-17(29(30)32)12-25(43-23)19(34)7-9-27(37)38/h3,5,11-14H,4,6-10H2,1-2H3,(H,35,36)(H,37,38)/b5-3+. The number of hydrogen-bond donors (Lipinski definition) is 2. The van der Waals surface area contributed by atoms with Crippen LogP contribution in [0.2, 0.25) is 0 Å². The molecule has 0 aliphatic heterocycles. The van der Waals surface area contributed by atoms with Gasteiger partial charge in [-0.25, -0.2) is 8.78 Å². The summed E-state index contributed by atoms with van der Waals surface area (Å²) in [7, 11) is 2.73. The van der Waals surface area contributed by atoms with E-state index in [1.807, 2.05) is 0 Å². The normalized spacial score (nSPS) is 11.3. The highest BCUT2D eigenvalue weighted by Crippen LogP contribution is 2.41. The van der Waals surface area contributed by atoms with Crippen molar-refractivity contribution in [2.45, 2.75) is 32.1 Å². The van der Waals surface area contributed by atoms with E-state index in [9.17, 15) is 19.2 Å². The fraction of sp³-hybridized carbons (Fsp3) is 0.267. The Morgan fingerprint density at radius 2 is 1.28 bits per heavy atom. The van der Waals surface area contributed by atoms with Crippen LogP contribution in [0.3, 0.4) is 0 Å². The molecule has 43 heavy (non-hydrogen) atoms. The first-order valence-electron chi connectivity index (χ1n) is 12.9. The van der Waals surface area contributed by atoms with E-state index in [0.717, 1.165) is 22.7 Å². The smallest absolute Gasteiger partial charge is 0.303 e. The highest BCUT2D eigenvalue weighted by Gasteiger charge is 2.21. The Bertz CT molecular complexity index is 1750. The van der Waals surface area contributed by atoms with Crippen LogP contribution in [0, 0.1) is 11.6 Å². The summed E-state index contributed by atoms with van der Waals surface area (Å²) in [4.78, 5) is 46.7. The minimum atomic E-state index is -1.10. The highest BCUT2D eigenvalue weighted by atomic mass is 32.1. The molecular weight excluding hydrogens is 606 g/mol. The van der Waals surface area contributed by atoms with E-state index in [4.69, 9.17) is 24.4 Å². The maximum absolute atomic E-state index is 15.4. The molecule has 0 saturated heterocycles. The number of rotatable bonds is 15. The van der Waals surface area contributed by atoms with Crippen molar-refractivity contribution >= 4 is 72.4 Å². The zero-order valence-corrected chi connectivity index (χ0v) is 24.7. The first-order chi connectivity index (χ1) is 20.5. The second-order valence-corrected chi connectivity index (χ2v) is 11.4. The first kappa shape index (κ1) is 31.6. The second-order valence-electron chi connectivity index (χ2n) is 9.25. The molecule has 0 unspecified atom stereocenters. The van der Waals surface area contributed by atoms with Crippen LogP contribution in [0.25, 0.3) is 26.2 Å². The first-order valence-corrected chi connectivity index (χ1v) is 14.6. The van der Waals surface area contributed by atoms with Gasteiger partial charge < -0.3 is 24.4 Å². The molecule has 0 spiro atoms. The number of Topliss-reactive ketones (excluding diaryl/α,β-unsaturated/α-hetero) is 2. The molecule has 0 bridgehead atoms. The molecule has 0 amide bonds. The largest absolute Gasteiger partial charge is 0.496 e. The Morgan fingerprint density at radius 3 is 1.79 bits per heavy atom. The zero-order chi connectivity index (χ0) is 31.3. The van der Waals surface area contributed by atoms with Crippen molar-refractivity contribution in [3.8, 4) is 17.2 Å². The number of benzene rings is 2. The Kier molecular flexibility index (Phi) is 10.1. The number of ether oxygens (including phenoxy) is 3. The van der Waals surface area contributed by atoms with Crippen LogP contribution in [0.5, 0.6) is 17.2 Å². The van der Waals surface area contributed by atoms with Gasteiger partial charge in [0.1, 0.15) is 11.6 Å². The molecular formula is C30H26F2O9S2. The fourth-order valence-electron chi connectivity index (χ4n) is 4.24. The lowest BCUT2D eigenvalue weighted by Gasteiger charge is -2.11. The van der Waals surface area contributed by atoms with Gasteiger partial charge in [0.05, 0.1) is 49.0 Å². The number of hydrogen-bond acceptors (Lipinski definition) is 9. The monoisotopic (exact) mass is 632 g/mol. The third-order valence-corrected chi connectivity index (χ3v) is 8.63. The van der Waals surface area contributed by atoms with Crippen molar-refractivity contribution in [2.75, 3.05) is 20.8 Å². The Morgan fingerprint density at radius 1 is 0.767 bits per heavy atom. The Balaban J connectivity index is 1.49. The lowest BCUT2D eigenvalue weighted by Crippen LogP contribution is -2.02. The molecule has 0 aliphatic rings. The Labute approximate surface area is 251 Å². The summed E-state index contributed by atoms with van der Waals surface area (Å²) in [6, 6.07) is 5.91. The van der Waals surface area contributed by atoms with Gasteiger partial charge in [0.25, 0.3) is 0 Å². The topological polar surface area (TPSA) is 136 Å². The highest BCUT2D eigenvalue weighted by molar-refractivity contribution is 7.21. The van der Waals surface area contributed by atoms with Crippen LogP contribution < -0.4 is 14.2 Å². The van der Waals surface area contributed by atoms with Gasteiger partial charge in [-0.05, 0) is 24.6 Å². The molecule has 0 atom stereocenters. The fourth-order valence-corrected chi connectivity index (χ4v) is 6.34. The quantitative estimate of drug-likeness (QED) is 0.105. The van der Waals surface area contributed by atoms with Gasteiger partial charge >= 0.3 is 11.9 Å².